The first-order chi connectivity index (χ1) is 13.0. The van der Waals surface area contributed by atoms with E-state index in [1.807, 2.05) is 6.92 Å². The van der Waals surface area contributed by atoms with Gasteiger partial charge in [-0.15, -0.1) is 0 Å². The molecule has 1 N–H and O–H groups in total. The van der Waals surface area contributed by atoms with E-state index in [2.05, 4.69) is 16.2 Å². The van der Waals surface area contributed by atoms with Gasteiger partial charge in [-0.3, -0.25) is 0 Å². The van der Waals surface area contributed by atoms with Crippen LogP contribution in [0.15, 0.2) is 30.5 Å². The minimum atomic E-state index is -1.20. The molecule has 0 spiro atoms. The third-order valence-corrected chi connectivity index (χ3v) is 5.06. The monoisotopic (exact) mass is 381 g/mol. The second kappa shape index (κ2) is 6.56. The minimum Gasteiger partial charge on any atom is -0.464 e. The van der Waals surface area contributed by atoms with E-state index >= 15 is 0 Å². The Balaban J connectivity index is 1.93. The van der Waals surface area contributed by atoms with Gasteiger partial charge in [0.1, 0.15) is 11.0 Å². The normalized spacial score (nSPS) is 14.0. The third-order valence-electron chi connectivity index (χ3n) is 4.86. The highest BCUT2D eigenvalue weighted by Crippen LogP contribution is 2.39. The first-order valence-corrected chi connectivity index (χ1v) is 8.94. The lowest BCUT2D eigenvalue weighted by molar-refractivity contribution is 0.204. The number of aryl methyl sites for hydroxylation is 1. The van der Waals surface area contributed by atoms with Gasteiger partial charge in [0, 0.05) is 11.6 Å². The van der Waals surface area contributed by atoms with Crippen molar-refractivity contribution in [3.05, 3.63) is 52.3 Å². The molecule has 4 rings (SSSR count). The SMILES string of the molecule is Cc1cc(C#N)cc(N(C(=O)O)c2cc(Cl)nc3c(C4CCC4)cnn23)c1. The smallest absolute Gasteiger partial charge is 0.417 e. The summed E-state index contributed by atoms with van der Waals surface area (Å²) < 4.78 is 1.50. The molecule has 0 bridgehead atoms. The molecule has 0 radical (unpaired) electrons. The van der Waals surface area contributed by atoms with Crippen LogP contribution in [0, 0.1) is 18.3 Å². The summed E-state index contributed by atoms with van der Waals surface area (Å²) in [5.41, 5.74) is 3.06. The van der Waals surface area contributed by atoms with E-state index in [0.29, 0.717) is 22.8 Å². The molecular weight excluding hydrogens is 366 g/mol. The first kappa shape index (κ1) is 17.3. The maximum Gasteiger partial charge on any atom is 0.417 e. The molecule has 8 heteroatoms. The van der Waals surface area contributed by atoms with Crippen LogP contribution in [0.4, 0.5) is 16.3 Å². The first-order valence-electron chi connectivity index (χ1n) is 8.57. The number of nitriles is 1. The van der Waals surface area contributed by atoms with E-state index in [4.69, 9.17) is 11.6 Å². The lowest BCUT2D eigenvalue weighted by Crippen LogP contribution is -2.26. The molecule has 1 aliphatic carbocycles. The van der Waals surface area contributed by atoms with Crippen LogP contribution < -0.4 is 4.90 Å². The van der Waals surface area contributed by atoms with Crippen molar-refractivity contribution >= 4 is 34.8 Å². The predicted molar refractivity (Wildman–Crippen MR) is 101 cm³/mol. The van der Waals surface area contributed by atoms with Crippen molar-refractivity contribution in [1.82, 2.24) is 14.6 Å². The van der Waals surface area contributed by atoms with E-state index in [-0.39, 0.29) is 11.0 Å². The number of carboxylic acid groups (broad SMARTS) is 1. The zero-order chi connectivity index (χ0) is 19.1. The van der Waals surface area contributed by atoms with Crippen molar-refractivity contribution in [2.45, 2.75) is 32.1 Å². The summed E-state index contributed by atoms with van der Waals surface area (Å²) in [5, 5.41) is 23.7. The second-order valence-electron chi connectivity index (χ2n) is 6.69. The lowest BCUT2D eigenvalue weighted by atomic mass is 9.81. The van der Waals surface area contributed by atoms with Gasteiger partial charge >= 0.3 is 6.09 Å². The van der Waals surface area contributed by atoms with Crippen molar-refractivity contribution in [2.75, 3.05) is 4.90 Å². The van der Waals surface area contributed by atoms with E-state index in [9.17, 15) is 15.2 Å². The summed E-state index contributed by atoms with van der Waals surface area (Å²) in [7, 11) is 0. The molecule has 1 aliphatic rings. The second-order valence-corrected chi connectivity index (χ2v) is 7.07. The Morgan fingerprint density at radius 1 is 1.37 bits per heavy atom. The van der Waals surface area contributed by atoms with E-state index < -0.39 is 6.09 Å². The fraction of sp³-hybridized carbons (Fsp3) is 0.263. The number of amides is 1. The molecule has 3 aromatic rings. The van der Waals surface area contributed by atoms with E-state index in [0.717, 1.165) is 35.3 Å². The van der Waals surface area contributed by atoms with Crippen LogP contribution in [-0.2, 0) is 0 Å². The quantitative estimate of drug-likeness (QED) is 0.666. The van der Waals surface area contributed by atoms with Gasteiger partial charge in [-0.2, -0.15) is 14.9 Å². The highest BCUT2D eigenvalue weighted by molar-refractivity contribution is 6.29. The molecule has 7 nitrogen and oxygen atoms in total. The number of hydrogen-bond donors (Lipinski definition) is 1. The summed E-state index contributed by atoms with van der Waals surface area (Å²) in [6, 6.07) is 8.44. The van der Waals surface area contributed by atoms with Gasteiger partial charge in [0.05, 0.1) is 23.5 Å². The maximum atomic E-state index is 12.1. The Kier molecular flexibility index (Phi) is 4.21. The molecule has 27 heavy (non-hydrogen) atoms. The van der Waals surface area contributed by atoms with Gasteiger partial charge in [-0.25, -0.2) is 14.7 Å². The summed E-state index contributed by atoms with van der Waals surface area (Å²) in [5.74, 6) is 0.640. The molecule has 0 atom stereocenters. The Labute approximate surface area is 160 Å². The fourth-order valence-electron chi connectivity index (χ4n) is 3.40. The van der Waals surface area contributed by atoms with Gasteiger partial charge in [0.15, 0.2) is 5.65 Å². The lowest BCUT2D eigenvalue weighted by Gasteiger charge is -2.24. The number of halogens is 1. The van der Waals surface area contributed by atoms with E-state index in [1.54, 1.807) is 18.3 Å². The maximum absolute atomic E-state index is 12.1. The van der Waals surface area contributed by atoms with Crippen molar-refractivity contribution in [1.29, 1.82) is 5.26 Å². The van der Waals surface area contributed by atoms with Crippen LogP contribution >= 0.6 is 11.6 Å². The molecule has 2 aromatic heterocycles. The summed E-state index contributed by atoms with van der Waals surface area (Å²) in [6.45, 7) is 1.81. The van der Waals surface area contributed by atoms with Crippen LogP contribution in [0.2, 0.25) is 5.15 Å². The summed E-state index contributed by atoms with van der Waals surface area (Å²) in [4.78, 5) is 17.6. The molecule has 0 saturated heterocycles. The Bertz CT molecular complexity index is 1100. The molecule has 1 fully saturated rings. The van der Waals surface area contributed by atoms with Gasteiger partial charge in [0.2, 0.25) is 0 Å². The molecule has 1 amide bonds. The highest BCUT2D eigenvalue weighted by atomic mass is 35.5. The molecular formula is C19H16ClN5O2. The molecule has 0 unspecified atom stereocenters. The number of fused-ring (bicyclic) bond motifs is 1. The average Bonchev–Trinajstić information content (AvgIpc) is 2.96. The van der Waals surface area contributed by atoms with Gasteiger partial charge in [-0.1, -0.05) is 18.0 Å². The van der Waals surface area contributed by atoms with Crippen molar-refractivity contribution in [2.24, 2.45) is 0 Å². The third kappa shape index (κ3) is 2.98. The zero-order valence-corrected chi connectivity index (χ0v) is 15.3. The largest absolute Gasteiger partial charge is 0.464 e. The van der Waals surface area contributed by atoms with Crippen molar-refractivity contribution < 1.29 is 9.90 Å². The Hall–Kier alpha value is -3.11. The number of rotatable bonds is 3. The summed E-state index contributed by atoms with van der Waals surface area (Å²) in [6.07, 6.45) is 3.84. The van der Waals surface area contributed by atoms with Crippen LogP contribution in [-0.4, -0.2) is 25.8 Å². The number of nitrogens with zero attached hydrogens (tertiary/aromatic N) is 5. The van der Waals surface area contributed by atoms with Gasteiger partial charge < -0.3 is 5.11 Å². The van der Waals surface area contributed by atoms with Gasteiger partial charge in [0.25, 0.3) is 0 Å². The average molecular weight is 382 g/mol. The minimum absolute atomic E-state index is 0.193. The predicted octanol–water partition coefficient (Wildman–Crippen LogP) is 4.65. The zero-order valence-electron chi connectivity index (χ0n) is 14.6. The van der Waals surface area contributed by atoms with Gasteiger partial charge in [-0.05, 0) is 49.4 Å². The number of anilines is 2. The number of hydrogen-bond acceptors (Lipinski definition) is 4. The number of benzene rings is 1. The molecule has 136 valence electrons. The Morgan fingerprint density at radius 3 is 2.78 bits per heavy atom. The number of aromatic nitrogens is 3. The van der Waals surface area contributed by atoms with Crippen LogP contribution in [0.5, 0.6) is 0 Å². The van der Waals surface area contributed by atoms with Crippen LogP contribution in [0.1, 0.15) is 41.9 Å². The van der Waals surface area contributed by atoms with Crippen LogP contribution in [0.3, 0.4) is 0 Å². The topological polar surface area (TPSA) is 94.5 Å². The molecule has 1 aromatic carbocycles. The summed E-state index contributed by atoms with van der Waals surface area (Å²) >= 11 is 6.22. The standard InChI is InChI=1S/C19H16ClN5O2/c1-11-5-12(9-21)7-14(6-11)24(19(26)27)17-8-16(20)23-18-15(10-22-25(17)18)13-3-2-4-13/h5-8,10,13H,2-4H2,1H3,(H,26,27). The molecule has 2 heterocycles. The van der Waals surface area contributed by atoms with Crippen molar-refractivity contribution in [3.63, 3.8) is 0 Å². The van der Waals surface area contributed by atoms with Crippen molar-refractivity contribution in [3.8, 4) is 6.07 Å². The molecule has 1 saturated carbocycles. The Morgan fingerprint density at radius 2 is 2.15 bits per heavy atom. The molecule has 0 aliphatic heterocycles. The fourth-order valence-corrected chi connectivity index (χ4v) is 3.58. The van der Waals surface area contributed by atoms with Crippen LogP contribution in [0.25, 0.3) is 5.65 Å². The van der Waals surface area contributed by atoms with E-state index in [1.165, 1.54) is 16.6 Å². The highest BCUT2D eigenvalue weighted by Gasteiger charge is 2.27. The number of carbonyl (C=O) groups is 1.